The molecule has 0 amide bonds. The van der Waals surface area contributed by atoms with E-state index in [4.69, 9.17) is 0 Å². The molecule has 1 atom stereocenters. The Labute approximate surface area is 137 Å². The number of aromatic nitrogens is 1. The van der Waals surface area contributed by atoms with E-state index < -0.39 is 0 Å². The van der Waals surface area contributed by atoms with Crippen molar-refractivity contribution in [2.45, 2.75) is 32.9 Å². The van der Waals surface area contributed by atoms with E-state index in [9.17, 15) is 0 Å². The van der Waals surface area contributed by atoms with Crippen LogP contribution in [-0.2, 0) is 6.54 Å². The number of nitrogens with one attached hydrogen (secondary N) is 1. The minimum Gasteiger partial charge on any atom is -0.355 e. The number of hydrogen-bond acceptors (Lipinski definition) is 4. The minimum absolute atomic E-state index is 0.631. The number of hydrogen-bond donors (Lipinski definition) is 1. The average molecular weight is 355 g/mol. The molecule has 5 heteroatoms. The summed E-state index contributed by atoms with van der Waals surface area (Å²) in [4.78, 5) is 9.41. The zero-order valence-electron chi connectivity index (χ0n) is 13.6. The molecule has 0 aliphatic carbocycles. The number of pyridine rings is 1. The minimum atomic E-state index is 0.631. The van der Waals surface area contributed by atoms with Crippen LogP contribution in [0.25, 0.3) is 0 Å². The molecule has 1 aromatic heterocycles. The van der Waals surface area contributed by atoms with Gasteiger partial charge in [0.2, 0.25) is 0 Å². The van der Waals surface area contributed by atoms with Crippen LogP contribution in [0.5, 0.6) is 0 Å². The van der Waals surface area contributed by atoms with Crippen molar-refractivity contribution in [1.29, 1.82) is 0 Å². The molecule has 4 nitrogen and oxygen atoms in total. The molecule has 0 bridgehead atoms. The molecule has 1 N–H and O–H groups in total. The highest BCUT2D eigenvalue weighted by Gasteiger charge is 2.26. The van der Waals surface area contributed by atoms with E-state index in [0.29, 0.717) is 12.0 Å². The molecule has 0 spiro atoms. The number of rotatable bonds is 6. The van der Waals surface area contributed by atoms with Crippen LogP contribution in [0.4, 0.5) is 5.82 Å². The molecule has 1 aliphatic rings. The highest BCUT2D eigenvalue weighted by Crippen LogP contribution is 2.26. The van der Waals surface area contributed by atoms with E-state index in [0.717, 1.165) is 36.5 Å². The van der Waals surface area contributed by atoms with Gasteiger partial charge in [-0.1, -0.05) is 13.8 Å². The third kappa shape index (κ3) is 4.66. The maximum absolute atomic E-state index is 4.67. The Morgan fingerprint density at radius 3 is 2.86 bits per heavy atom. The first-order valence-electron chi connectivity index (χ1n) is 7.74. The molecule has 21 heavy (non-hydrogen) atoms. The van der Waals surface area contributed by atoms with Crippen LogP contribution >= 0.6 is 15.9 Å². The summed E-state index contributed by atoms with van der Waals surface area (Å²) in [7, 11) is 4.32. The van der Waals surface area contributed by atoms with Gasteiger partial charge in [-0.15, -0.1) is 0 Å². The first-order chi connectivity index (χ1) is 9.97. The van der Waals surface area contributed by atoms with Crippen LogP contribution < -0.4 is 10.2 Å². The number of nitrogens with zero attached hydrogens (tertiary/aromatic N) is 3. The molecule has 1 saturated heterocycles. The Morgan fingerprint density at radius 2 is 2.24 bits per heavy atom. The lowest BCUT2D eigenvalue weighted by molar-refractivity contribution is 0.315. The van der Waals surface area contributed by atoms with Crippen LogP contribution in [0.3, 0.4) is 0 Å². The van der Waals surface area contributed by atoms with E-state index >= 15 is 0 Å². The summed E-state index contributed by atoms with van der Waals surface area (Å²) in [5, 5.41) is 3.53. The summed E-state index contributed by atoms with van der Waals surface area (Å²) < 4.78 is 1.05. The summed E-state index contributed by atoms with van der Waals surface area (Å²) in [6, 6.07) is 2.82. The lowest BCUT2D eigenvalue weighted by Crippen LogP contribution is -2.32. The van der Waals surface area contributed by atoms with Crippen LogP contribution in [0.15, 0.2) is 16.7 Å². The zero-order chi connectivity index (χ0) is 15.4. The summed E-state index contributed by atoms with van der Waals surface area (Å²) >= 11 is 3.54. The van der Waals surface area contributed by atoms with Crippen LogP contribution in [0.2, 0.25) is 0 Å². The van der Waals surface area contributed by atoms with Gasteiger partial charge in [-0.3, -0.25) is 0 Å². The Hall–Kier alpha value is -0.650. The Bertz CT molecular complexity index is 462. The molecule has 0 saturated carbocycles. The largest absolute Gasteiger partial charge is 0.355 e. The first kappa shape index (κ1) is 16.7. The van der Waals surface area contributed by atoms with Gasteiger partial charge < -0.3 is 15.1 Å². The van der Waals surface area contributed by atoms with Gasteiger partial charge in [0.25, 0.3) is 0 Å². The zero-order valence-corrected chi connectivity index (χ0v) is 15.2. The van der Waals surface area contributed by atoms with Crippen molar-refractivity contribution in [2.24, 2.45) is 5.92 Å². The van der Waals surface area contributed by atoms with Gasteiger partial charge >= 0.3 is 0 Å². The topological polar surface area (TPSA) is 31.4 Å². The molecular formula is C16H27BrN4. The number of halogens is 1. The second-order valence-electron chi connectivity index (χ2n) is 6.51. The predicted molar refractivity (Wildman–Crippen MR) is 92.8 cm³/mol. The van der Waals surface area contributed by atoms with Gasteiger partial charge in [0.15, 0.2) is 0 Å². The van der Waals surface area contributed by atoms with Crippen molar-refractivity contribution in [2.75, 3.05) is 38.6 Å². The van der Waals surface area contributed by atoms with Crippen LogP contribution in [0.1, 0.15) is 25.8 Å². The van der Waals surface area contributed by atoms with Gasteiger partial charge in [-0.25, -0.2) is 4.98 Å². The fourth-order valence-electron chi connectivity index (χ4n) is 2.74. The fourth-order valence-corrected chi connectivity index (χ4v) is 3.12. The second kappa shape index (κ2) is 7.56. The van der Waals surface area contributed by atoms with Crippen LogP contribution in [0, 0.1) is 5.92 Å². The van der Waals surface area contributed by atoms with Gasteiger partial charge in [-0.05, 0) is 55.0 Å². The fraction of sp³-hybridized carbons (Fsp3) is 0.688. The average Bonchev–Trinajstić information content (AvgIpc) is 2.88. The third-order valence-corrected chi connectivity index (χ3v) is 4.40. The third-order valence-electron chi connectivity index (χ3n) is 3.97. The predicted octanol–water partition coefficient (Wildman–Crippen LogP) is 2.73. The van der Waals surface area contributed by atoms with Crippen molar-refractivity contribution in [3.63, 3.8) is 0 Å². The monoisotopic (exact) mass is 354 g/mol. The Morgan fingerprint density at radius 1 is 1.48 bits per heavy atom. The first-order valence-corrected chi connectivity index (χ1v) is 8.53. The van der Waals surface area contributed by atoms with Crippen molar-refractivity contribution in [3.8, 4) is 0 Å². The Kier molecular flexibility index (Phi) is 6.02. The molecule has 118 valence electrons. The summed E-state index contributed by atoms with van der Waals surface area (Å²) in [6.45, 7) is 8.53. The van der Waals surface area contributed by atoms with E-state index in [1.807, 2.05) is 6.20 Å². The van der Waals surface area contributed by atoms with E-state index in [1.165, 1.54) is 12.0 Å². The molecule has 0 radical (unpaired) electrons. The molecule has 1 fully saturated rings. The van der Waals surface area contributed by atoms with Crippen LogP contribution in [-0.4, -0.2) is 49.7 Å². The van der Waals surface area contributed by atoms with Crippen molar-refractivity contribution >= 4 is 21.7 Å². The summed E-state index contributed by atoms with van der Waals surface area (Å²) in [5.74, 6) is 1.80. The van der Waals surface area contributed by atoms with Crippen molar-refractivity contribution in [3.05, 3.63) is 22.3 Å². The highest BCUT2D eigenvalue weighted by atomic mass is 79.9. The van der Waals surface area contributed by atoms with E-state index in [-0.39, 0.29) is 0 Å². The SMILES string of the molecule is CC(C)CNCc1cc(Br)cnc1N1CCC(N(C)C)C1. The van der Waals surface area contributed by atoms with Crippen molar-refractivity contribution in [1.82, 2.24) is 15.2 Å². The maximum Gasteiger partial charge on any atom is 0.133 e. The lowest BCUT2D eigenvalue weighted by Gasteiger charge is -2.23. The van der Waals surface area contributed by atoms with Gasteiger partial charge in [0.1, 0.15) is 5.82 Å². The quantitative estimate of drug-likeness (QED) is 0.850. The molecule has 1 unspecified atom stereocenters. The molecular weight excluding hydrogens is 328 g/mol. The number of likely N-dealkylation sites (N-methyl/N-ethyl adjacent to an activating group) is 1. The molecule has 0 aromatic carbocycles. The van der Waals surface area contributed by atoms with Gasteiger partial charge in [0, 0.05) is 41.9 Å². The maximum atomic E-state index is 4.67. The van der Waals surface area contributed by atoms with E-state index in [1.54, 1.807) is 0 Å². The normalized spacial score (nSPS) is 19.0. The second-order valence-corrected chi connectivity index (χ2v) is 7.43. The molecule has 2 heterocycles. The number of anilines is 1. The molecule has 1 aromatic rings. The van der Waals surface area contributed by atoms with Gasteiger partial charge in [-0.2, -0.15) is 0 Å². The van der Waals surface area contributed by atoms with Crippen molar-refractivity contribution < 1.29 is 0 Å². The highest BCUT2D eigenvalue weighted by molar-refractivity contribution is 9.10. The standard InChI is InChI=1S/C16H27BrN4/c1-12(2)8-18-9-13-7-14(17)10-19-16(13)21-6-5-15(11-21)20(3)4/h7,10,12,15,18H,5-6,8-9,11H2,1-4H3. The smallest absolute Gasteiger partial charge is 0.133 e. The van der Waals surface area contributed by atoms with Gasteiger partial charge in [0.05, 0.1) is 0 Å². The molecule has 1 aliphatic heterocycles. The summed E-state index contributed by atoms with van der Waals surface area (Å²) in [6.07, 6.45) is 3.12. The lowest BCUT2D eigenvalue weighted by atomic mass is 10.2. The molecule has 2 rings (SSSR count). The van der Waals surface area contributed by atoms with E-state index in [2.05, 4.69) is 70.0 Å². The Balaban J connectivity index is 2.08. The summed E-state index contributed by atoms with van der Waals surface area (Å²) in [5.41, 5.74) is 1.28.